The molecule has 0 radical (unpaired) electrons. The number of hydrogen-bond acceptors (Lipinski definition) is 4. The SMILES string of the molecule is [2H]C([2H])([2H])c1cc(-n2c3ccc(-c4ccccc4)cc3c3ccc(Oc4cccc(N5CN(c6c(-c7ccccc7)cccc6-c6ccccc6)c6ccccc65)c4)cc32)ncc1-c1ccc(C(C)(C)C)cc1. The first-order valence-electron chi connectivity index (χ1n) is 25.4. The molecule has 70 heavy (non-hydrogen) atoms. The largest absolute Gasteiger partial charge is 0.457 e. The predicted molar refractivity (Wildman–Crippen MR) is 292 cm³/mol. The van der Waals surface area contributed by atoms with Crippen LogP contribution in [0.1, 0.15) is 36.0 Å². The van der Waals surface area contributed by atoms with Crippen LogP contribution in [-0.2, 0) is 5.41 Å². The Labute approximate surface area is 414 Å². The summed E-state index contributed by atoms with van der Waals surface area (Å²) >= 11 is 0. The molecule has 0 atom stereocenters. The number of aromatic nitrogens is 2. The average Bonchev–Trinajstić information content (AvgIpc) is 3.96. The Hall–Kier alpha value is -8.67. The quantitative estimate of drug-likeness (QED) is 0.144. The monoisotopic (exact) mass is 907 g/mol. The van der Waals surface area contributed by atoms with Gasteiger partial charge in [0.05, 0.1) is 28.1 Å². The summed E-state index contributed by atoms with van der Waals surface area (Å²) in [7, 11) is 0. The van der Waals surface area contributed by atoms with Gasteiger partial charge in [-0.15, -0.1) is 0 Å². The number of rotatable bonds is 9. The van der Waals surface area contributed by atoms with Crippen molar-refractivity contribution in [3.8, 4) is 61.8 Å². The van der Waals surface area contributed by atoms with Crippen LogP contribution < -0.4 is 14.5 Å². The van der Waals surface area contributed by atoms with Crippen LogP contribution in [0.15, 0.2) is 231 Å². The average molecular weight is 908 g/mol. The molecule has 0 unspecified atom stereocenters. The maximum Gasteiger partial charge on any atom is 0.137 e. The third-order valence-electron chi connectivity index (χ3n) is 13.6. The molecule has 1 aliphatic rings. The molecule has 0 aliphatic carbocycles. The van der Waals surface area contributed by atoms with E-state index in [1.54, 1.807) is 12.3 Å². The summed E-state index contributed by atoms with van der Waals surface area (Å²) < 4.78 is 35.2. The van der Waals surface area contributed by atoms with Crippen LogP contribution in [0.5, 0.6) is 11.5 Å². The Morgan fingerprint density at radius 3 is 1.74 bits per heavy atom. The molecular formula is C65H52N4O. The molecule has 1 aliphatic heterocycles. The van der Waals surface area contributed by atoms with E-state index >= 15 is 0 Å². The van der Waals surface area contributed by atoms with Gasteiger partial charge in [0, 0.05) is 55.6 Å². The lowest BCUT2D eigenvalue weighted by molar-refractivity contribution is 0.483. The van der Waals surface area contributed by atoms with Gasteiger partial charge in [0.25, 0.3) is 0 Å². The molecule has 0 bridgehead atoms. The van der Waals surface area contributed by atoms with E-state index in [-0.39, 0.29) is 11.0 Å². The van der Waals surface area contributed by atoms with Crippen molar-refractivity contribution < 1.29 is 8.85 Å². The lowest BCUT2D eigenvalue weighted by Gasteiger charge is -2.27. The van der Waals surface area contributed by atoms with E-state index < -0.39 is 6.85 Å². The van der Waals surface area contributed by atoms with Crippen LogP contribution in [0.2, 0.25) is 0 Å². The van der Waals surface area contributed by atoms with Gasteiger partial charge in [0.15, 0.2) is 0 Å². The minimum absolute atomic E-state index is 0.0398. The van der Waals surface area contributed by atoms with Gasteiger partial charge in [-0.2, -0.15) is 0 Å². The highest BCUT2D eigenvalue weighted by molar-refractivity contribution is 6.11. The number of benzene rings is 9. The van der Waals surface area contributed by atoms with E-state index in [9.17, 15) is 0 Å². The van der Waals surface area contributed by atoms with Crippen LogP contribution in [0, 0.1) is 6.85 Å². The van der Waals surface area contributed by atoms with Crippen molar-refractivity contribution in [3.63, 3.8) is 0 Å². The number of anilines is 4. The number of ether oxygens (including phenoxy) is 1. The maximum atomic E-state index is 8.77. The van der Waals surface area contributed by atoms with Crippen LogP contribution in [0.4, 0.5) is 22.7 Å². The number of fused-ring (bicyclic) bond motifs is 4. The van der Waals surface area contributed by atoms with Crippen LogP contribution in [0.3, 0.4) is 0 Å². The van der Waals surface area contributed by atoms with Crippen molar-refractivity contribution in [1.29, 1.82) is 0 Å². The summed E-state index contributed by atoms with van der Waals surface area (Å²) in [5, 5.41) is 2.01. The molecule has 9 aromatic carbocycles. The molecule has 0 saturated heterocycles. The van der Waals surface area contributed by atoms with Crippen molar-refractivity contribution in [2.75, 3.05) is 16.5 Å². The third-order valence-corrected chi connectivity index (χ3v) is 13.6. The molecule has 5 nitrogen and oxygen atoms in total. The fourth-order valence-corrected chi connectivity index (χ4v) is 10.1. The number of hydrogen-bond donors (Lipinski definition) is 0. The second-order valence-corrected chi connectivity index (χ2v) is 19.0. The van der Waals surface area contributed by atoms with Crippen molar-refractivity contribution in [1.82, 2.24) is 9.55 Å². The summed E-state index contributed by atoms with van der Waals surface area (Å²) in [5.41, 5.74) is 15.7. The minimum Gasteiger partial charge on any atom is -0.457 e. The van der Waals surface area contributed by atoms with Gasteiger partial charge in [0.1, 0.15) is 24.0 Å². The summed E-state index contributed by atoms with van der Waals surface area (Å²) in [6.45, 7) is 4.69. The van der Waals surface area contributed by atoms with Crippen molar-refractivity contribution in [3.05, 3.63) is 242 Å². The van der Waals surface area contributed by atoms with Gasteiger partial charge in [-0.05, 0) is 106 Å². The molecule has 0 spiro atoms. The summed E-state index contributed by atoms with van der Waals surface area (Å²) in [6.07, 6.45) is 1.71. The highest BCUT2D eigenvalue weighted by Gasteiger charge is 2.31. The topological polar surface area (TPSA) is 33.5 Å². The first kappa shape index (κ1) is 39.3. The fourth-order valence-electron chi connectivity index (χ4n) is 10.1. The molecule has 0 fully saturated rings. The van der Waals surface area contributed by atoms with Crippen LogP contribution >= 0.6 is 0 Å². The molecule has 0 saturated carbocycles. The second-order valence-electron chi connectivity index (χ2n) is 19.0. The smallest absolute Gasteiger partial charge is 0.137 e. The van der Waals surface area contributed by atoms with Gasteiger partial charge < -0.3 is 14.5 Å². The van der Waals surface area contributed by atoms with Crippen LogP contribution in [0.25, 0.3) is 72.1 Å². The van der Waals surface area contributed by atoms with E-state index in [0.29, 0.717) is 29.5 Å². The Morgan fingerprint density at radius 2 is 1.07 bits per heavy atom. The highest BCUT2D eigenvalue weighted by atomic mass is 16.5. The summed E-state index contributed by atoms with van der Waals surface area (Å²) in [5.74, 6) is 1.83. The van der Waals surface area contributed by atoms with Gasteiger partial charge in [-0.3, -0.25) is 4.57 Å². The first-order valence-corrected chi connectivity index (χ1v) is 23.9. The van der Waals surface area contributed by atoms with E-state index in [0.717, 1.165) is 83.5 Å². The molecule has 11 aromatic rings. The van der Waals surface area contributed by atoms with Gasteiger partial charge in [-0.1, -0.05) is 178 Å². The fraction of sp³-hybridized carbons (Fsp3) is 0.0923. The van der Waals surface area contributed by atoms with Crippen molar-refractivity contribution >= 4 is 44.6 Å². The first-order chi connectivity index (χ1) is 35.5. The molecule has 338 valence electrons. The number of pyridine rings is 1. The third kappa shape index (κ3) is 7.76. The van der Waals surface area contributed by atoms with Crippen molar-refractivity contribution in [2.45, 2.75) is 33.0 Å². The summed E-state index contributed by atoms with van der Waals surface area (Å²) in [6, 6.07) is 77.5. The van der Waals surface area contributed by atoms with Gasteiger partial charge in [-0.25, -0.2) is 4.98 Å². The molecule has 0 amide bonds. The second kappa shape index (κ2) is 17.4. The zero-order valence-corrected chi connectivity index (χ0v) is 39.3. The maximum absolute atomic E-state index is 8.77. The van der Waals surface area contributed by atoms with E-state index in [1.807, 2.05) is 54.6 Å². The Kier molecular flexibility index (Phi) is 9.80. The molecule has 12 rings (SSSR count). The Morgan fingerprint density at radius 1 is 0.471 bits per heavy atom. The highest BCUT2D eigenvalue weighted by Crippen LogP contribution is 2.50. The molecule has 5 heteroatoms. The summed E-state index contributed by atoms with van der Waals surface area (Å²) in [4.78, 5) is 9.83. The van der Waals surface area contributed by atoms with Crippen LogP contribution in [-0.4, -0.2) is 16.2 Å². The molecule has 3 heterocycles. The van der Waals surface area contributed by atoms with E-state index in [2.05, 4.69) is 199 Å². The zero-order valence-electron chi connectivity index (χ0n) is 42.3. The number of aryl methyl sites for hydroxylation is 1. The lowest BCUT2D eigenvalue weighted by Crippen LogP contribution is -2.24. The number of nitrogens with zero attached hydrogens (tertiary/aromatic N) is 4. The predicted octanol–water partition coefficient (Wildman–Crippen LogP) is 17.5. The standard InChI is InChI=1S/C65H52N4O/c1-44-38-63(66-42-58(44)48-30-33-50(34-31-48)65(2,3)4)69-59-37-32-49(45-18-8-5-9-19-45)39-57(59)56-36-35-53(41-62(56)69)70-52-25-16-24-51(40-52)67-43-68(61-29-15-14-28-60(61)67)64-54(46-20-10-6-11-21-46)26-17-27-55(64)47-22-12-7-13-23-47/h5-42H,43H2,1-4H3/i1D3. The van der Waals surface area contributed by atoms with E-state index in [1.165, 1.54) is 5.56 Å². The van der Waals surface area contributed by atoms with Crippen molar-refractivity contribution in [2.24, 2.45) is 0 Å². The Balaban J connectivity index is 0.940. The van der Waals surface area contributed by atoms with Gasteiger partial charge in [0.2, 0.25) is 0 Å². The lowest BCUT2D eigenvalue weighted by atomic mass is 9.86. The molecule has 2 aromatic heterocycles. The normalized spacial score (nSPS) is 13.3. The van der Waals surface area contributed by atoms with E-state index in [4.69, 9.17) is 13.8 Å². The minimum atomic E-state index is -2.41. The number of para-hydroxylation sites is 3. The zero-order chi connectivity index (χ0) is 49.8. The Bertz CT molecular complexity index is 3770. The van der Waals surface area contributed by atoms with Gasteiger partial charge >= 0.3 is 0 Å². The molecular weight excluding hydrogens is 853 g/mol. The molecule has 0 N–H and O–H groups in total.